The van der Waals surface area contributed by atoms with Crippen LogP contribution in [-0.4, -0.2) is 38.6 Å². The van der Waals surface area contributed by atoms with Crippen LogP contribution in [0.4, 0.5) is 5.69 Å². The van der Waals surface area contributed by atoms with Crippen LogP contribution in [0.3, 0.4) is 0 Å². The highest BCUT2D eigenvalue weighted by Gasteiger charge is 2.12. The molecule has 27 heavy (non-hydrogen) atoms. The van der Waals surface area contributed by atoms with Gasteiger partial charge in [-0.3, -0.25) is 4.79 Å². The SMILES string of the molecule is COc1ccc(NC(=O)CSc2nnc3ccc(-c4ccco4)nn23)cc1. The second kappa shape index (κ2) is 7.50. The molecule has 0 aliphatic rings. The number of anilines is 1. The molecule has 0 radical (unpaired) electrons. The number of aromatic nitrogens is 4. The molecular weight excluding hydrogens is 366 g/mol. The van der Waals surface area contributed by atoms with Gasteiger partial charge in [0.1, 0.15) is 11.4 Å². The zero-order chi connectivity index (χ0) is 18.6. The quantitative estimate of drug-likeness (QED) is 0.513. The molecule has 4 aromatic rings. The standard InChI is InChI=1S/C18H15N5O3S/c1-25-13-6-4-12(5-7-13)19-17(24)11-27-18-21-20-16-9-8-14(22-23(16)18)15-3-2-10-26-15/h2-10H,11H2,1H3,(H,19,24). The first-order valence-corrected chi connectivity index (χ1v) is 9.04. The van der Waals surface area contributed by atoms with Crippen molar-refractivity contribution in [2.45, 2.75) is 5.16 Å². The molecule has 8 nitrogen and oxygen atoms in total. The summed E-state index contributed by atoms with van der Waals surface area (Å²) in [6.07, 6.45) is 1.59. The predicted molar refractivity (Wildman–Crippen MR) is 101 cm³/mol. The molecule has 1 N–H and O–H groups in total. The minimum Gasteiger partial charge on any atom is -0.497 e. The van der Waals surface area contributed by atoms with Crippen LogP contribution in [0.1, 0.15) is 0 Å². The van der Waals surface area contributed by atoms with Gasteiger partial charge in [-0.2, -0.15) is 9.61 Å². The summed E-state index contributed by atoms with van der Waals surface area (Å²) in [5, 5.41) is 16.0. The van der Waals surface area contributed by atoms with Gasteiger partial charge in [0.05, 0.1) is 19.1 Å². The maximum Gasteiger partial charge on any atom is 0.234 e. The number of amides is 1. The summed E-state index contributed by atoms with van der Waals surface area (Å²) in [5.74, 6) is 1.41. The number of nitrogens with one attached hydrogen (secondary N) is 1. The van der Waals surface area contributed by atoms with E-state index in [-0.39, 0.29) is 11.7 Å². The van der Waals surface area contributed by atoms with Crippen molar-refractivity contribution in [3.63, 3.8) is 0 Å². The van der Waals surface area contributed by atoms with E-state index in [2.05, 4.69) is 20.6 Å². The average molecular weight is 381 g/mol. The summed E-state index contributed by atoms with van der Waals surface area (Å²) >= 11 is 1.26. The largest absolute Gasteiger partial charge is 0.497 e. The predicted octanol–water partition coefficient (Wildman–Crippen LogP) is 3.12. The fourth-order valence-electron chi connectivity index (χ4n) is 2.42. The number of carbonyl (C=O) groups is 1. The maximum atomic E-state index is 12.2. The summed E-state index contributed by atoms with van der Waals surface area (Å²) < 4.78 is 12.1. The maximum absolute atomic E-state index is 12.2. The summed E-state index contributed by atoms with van der Waals surface area (Å²) in [5.41, 5.74) is 1.96. The Morgan fingerprint density at radius 1 is 1.19 bits per heavy atom. The number of fused-ring (bicyclic) bond motifs is 1. The lowest BCUT2D eigenvalue weighted by Gasteiger charge is -2.06. The monoisotopic (exact) mass is 381 g/mol. The summed E-state index contributed by atoms with van der Waals surface area (Å²) in [4.78, 5) is 12.2. The Morgan fingerprint density at radius 2 is 2.04 bits per heavy atom. The van der Waals surface area contributed by atoms with Crippen molar-refractivity contribution in [1.82, 2.24) is 19.8 Å². The number of nitrogens with zero attached hydrogens (tertiary/aromatic N) is 4. The van der Waals surface area contributed by atoms with Crippen molar-refractivity contribution < 1.29 is 13.9 Å². The first-order chi connectivity index (χ1) is 13.2. The van der Waals surface area contributed by atoms with Gasteiger partial charge in [-0.15, -0.1) is 10.2 Å². The molecule has 0 fully saturated rings. The molecule has 4 rings (SSSR count). The van der Waals surface area contributed by atoms with Crippen molar-refractivity contribution in [3.05, 3.63) is 54.8 Å². The minimum atomic E-state index is -0.149. The number of thioether (sulfide) groups is 1. The molecule has 0 saturated carbocycles. The molecule has 3 heterocycles. The van der Waals surface area contributed by atoms with E-state index in [1.165, 1.54) is 11.8 Å². The average Bonchev–Trinajstić information content (AvgIpc) is 3.36. The number of hydrogen-bond acceptors (Lipinski definition) is 7. The first kappa shape index (κ1) is 17.1. The molecule has 0 atom stereocenters. The number of rotatable bonds is 6. The van der Waals surface area contributed by atoms with Gasteiger partial charge in [-0.05, 0) is 48.5 Å². The van der Waals surface area contributed by atoms with Crippen LogP contribution >= 0.6 is 11.8 Å². The lowest BCUT2D eigenvalue weighted by Crippen LogP contribution is -2.14. The number of ether oxygens (including phenoxy) is 1. The molecule has 1 aromatic carbocycles. The molecule has 0 aliphatic heterocycles. The van der Waals surface area contributed by atoms with Crippen LogP contribution in [0.25, 0.3) is 17.1 Å². The van der Waals surface area contributed by atoms with Crippen LogP contribution in [0.15, 0.2) is 64.4 Å². The minimum absolute atomic E-state index is 0.149. The van der Waals surface area contributed by atoms with Crippen molar-refractivity contribution in [2.75, 3.05) is 18.2 Å². The lowest BCUT2D eigenvalue weighted by atomic mass is 10.3. The Hall–Kier alpha value is -3.33. The Balaban J connectivity index is 1.45. The second-order valence-corrected chi connectivity index (χ2v) is 6.46. The van der Waals surface area contributed by atoms with Crippen molar-refractivity contribution >= 4 is 29.0 Å². The van der Waals surface area contributed by atoms with E-state index in [0.717, 1.165) is 5.75 Å². The van der Waals surface area contributed by atoms with E-state index in [4.69, 9.17) is 9.15 Å². The number of hydrogen-bond donors (Lipinski definition) is 1. The van der Waals surface area contributed by atoms with Crippen molar-refractivity contribution in [3.8, 4) is 17.2 Å². The highest BCUT2D eigenvalue weighted by Crippen LogP contribution is 2.21. The van der Waals surface area contributed by atoms with Crippen LogP contribution in [0.5, 0.6) is 5.75 Å². The molecule has 136 valence electrons. The topological polar surface area (TPSA) is 94.5 Å². The molecule has 0 unspecified atom stereocenters. The Kier molecular flexibility index (Phi) is 4.75. The first-order valence-electron chi connectivity index (χ1n) is 8.06. The molecule has 0 saturated heterocycles. The van der Waals surface area contributed by atoms with E-state index >= 15 is 0 Å². The molecule has 9 heteroatoms. The Labute approximate surface area is 158 Å². The number of methoxy groups -OCH3 is 1. The van der Waals surface area contributed by atoms with Gasteiger partial charge >= 0.3 is 0 Å². The molecule has 3 aromatic heterocycles. The normalized spacial score (nSPS) is 10.9. The summed E-state index contributed by atoms with van der Waals surface area (Å²) in [6.45, 7) is 0. The van der Waals surface area contributed by atoms with Crippen LogP contribution < -0.4 is 10.1 Å². The van der Waals surface area contributed by atoms with E-state index < -0.39 is 0 Å². The lowest BCUT2D eigenvalue weighted by molar-refractivity contribution is -0.113. The Morgan fingerprint density at radius 3 is 2.78 bits per heavy atom. The third-order valence-electron chi connectivity index (χ3n) is 3.71. The molecular formula is C18H15N5O3S. The molecule has 0 bridgehead atoms. The highest BCUT2D eigenvalue weighted by molar-refractivity contribution is 7.99. The number of furan rings is 1. The van der Waals surface area contributed by atoms with E-state index in [9.17, 15) is 4.79 Å². The van der Waals surface area contributed by atoms with E-state index in [1.807, 2.05) is 12.1 Å². The fraction of sp³-hybridized carbons (Fsp3) is 0.111. The van der Waals surface area contributed by atoms with Crippen molar-refractivity contribution in [2.24, 2.45) is 0 Å². The molecule has 0 spiro atoms. The van der Waals surface area contributed by atoms with Crippen molar-refractivity contribution in [1.29, 1.82) is 0 Å². The molecule has 0 aliphatic carbocycles. The number of benzene rings is 1. The second-order valence-electron chi connectivity index (χ2n) is 5.51. The number of carbonyl (C=O) groups excluding carboxylic acids is 1. The van der Waals surface area contributed by atoms with Crippen LogP contribution in [-0.2, 0) is 4.79 Å². The third kappa shape index (κ3) is 3.77. The van der Waals surface area contributed by atoms with Gasteiger partial charge in [0, 0.05) is 5.69 Å². The highest BCUT2D eigenvalue weighted by atomic mass is 32.2. The fourth-order valence-corrected chi connectivity index (χ4v) is 3.10. The summed E-state index contributed by atoms with van der Waals surface area (Å²) in [7, 11) is 1.60. The zero-order valence-electron chi connectivity index (χ0n) is 14.3. The van der Waals surface area contributed by atoms with Gasteiger partial charge in [0.2, 0.25) is 11.1 Å². The van der Waals surface area contributed by atoms with Gasteiger partial charge < -0.3 is 14.5 Å². The smallest absolute Gasteiger partial charge is 0.234 e. The zero-order valence-corrected chi connectivity index (χ0v) is 15.1. The van der Waals surface area contributed by atoms with Gasteiger partial charge in [-0.25, -0.2) is 0 Å². The molecule has 1 amide bonds. The summed E-state index contributed by atoms with van der Waals surface area (Å²) in [6, 6.07) is 14.4. The van der Waals surface area contributed by atoms with E-state index in [0.29, 0.717) is 27.9 Å². The van der Waals surface area contributed by atoms with Gasteiger partial charge in [0.25, 0.3) is 0 Å². The van der Waals surface area contributed by atoms with E-state index in [1.54, 1.807) is 54.3 Å². The van der Waals surface area contributed by atoms with Crippen LogP contribution in [0, 0.1) is 0 Å². The third-order valence-corrected chi connectivity index (χ3v) is 4.63. The van der Waals surface area contributed by atoms with Crippen LogP contribution in [0.2, 0.25) is 0 Å². The Bertz CT molecular complexity index is 1060. The van der Waals surface area contributed by atoms with Gasteiger partial charge in [0.15, 0.2) is 11.4 Å². The van der Waals surface area contributed by atoms with Gasteiger partial charge in [-0.1, -0.05) is 11.8 Å².